The van der Waals surface area contributed by atoms with Gasteiger partial charge in [-0.1, -0.05) is 88.4 Å². The Kier molecular flexibility index (Phi) is 38.6. The van der Waals surface area contributed by atoms with E-state index in [1.807, 2.05) is 0 Å². The van der Waals surface area contributed by atoms with Crippen LogP contribution in [0.1, 0.15) is 129 Å². The molecule has 3 aromatic carbocycles. The monoisotopic (exact) mass is 1630 g/mol. The van der Waals surface area contributed by atoms with Gasteiger partial charge in [-0.2, -0.15) is 25.3 Å². The second-order valence-electron chi connectivity index (χ2n) is 28.9. The van der Waals surface area contributed by atoms with Crippen molar-refractivity contribution in [3.8, 4) is 5.75 Å². The number of H-pyrrole nitrogens is 1. The average molecular weight is 1630 g/mol. The third-order valence-corrected chi connectivity index (χ3v) is 19.4. The summed E-state index contributed by atoms with van der Waals surface area (Å²) in [5, 5.41) is 61.3. The molecule has 1 aliphatic rings. The number of benzene rings is 3. The second-order valence-corrected chi connectivity index (χ2v) is 29.6. The molecule has 0 bridgehead atoms. The van der Waals surface area contributed by atoms with Crippen LogP contribution in [0, 0.1) is 11.8 Å². The number of unbranched alkanes of at least 4 members (excludes halogenated alkanes) is 1. The summed E-state index contributed by atoms with van der Waals surface area (Å²) >= 11 is 8.31. The molecule has 1 fully saturated rings. The number of hydrogen-bond acceptors (Lipinski definition) is 21. The molecule has 5 rings (SSSR count). The van der Waals surface area contributed by atoms with Crippen LogP contribution in [0.25, 0.3) is 10.9 Å². The van der Waals surface area contributed by atoms with Crippen molar-refractivity contribution in [3.05, 3.63) is 102 Å². The molecule has 0 saturated carbocycles. The van der Waals surface area contributed by atoms with Crippen LogP contribution in [0.3, 0.4) is 0 Å². The number of nitrogens with one attached hydrogen (secondary N) is 13. The minimum Gasteiger partial charge on any atom is -0.508 e. The lowest BCUT2D eigenvalue weighted by Gasteiger charge is -2.29. The van der Waals surface area contributed by atoms with Crippen LogP contribution in [0.2, 0.25) is 0 Å². The first-order chi connectivity index (χ1) is 54.0. The van der Waals surface area contributed by atoms with Crippen molar-refractivity contribution < 1.29 is 92.0 Å². The molecule has 38 heteroatoms. The third kappa shape index (κ3) is 30.9. The molecule has 22 N–H and O–H groups in total. The molecule has 4 aromatic rings. The first-order valence-electron chi connectivity index (χ1n) is 37.7. The number of para-hydroxylation sites is 1. The van der Waals surface area contributed by atoms with Crippen LogP contribution in [0.4, 0.5) is 0 Å². The number of fused-ring (bicyclic) bond motifs is 1. The van der Waals surface area contributed by atoms with E-state index in [4.69, 9.17) is 17.2 Å². The lowest BCUT2D eigenvalue weighted by atomic mass is 9.99. The highest BCUT2D eigenvalue weighted by Gasteiger charge is 2.40. The molecule has 13 atom stereocenters. The summed E-state index contributed by atoms with van der Waals surface area (Å²) in [6, 6.07) is 2.83. The summed E-state index contributed by atoms with van der Waals surface area (Å²) in [6.07, 6.45) is -0.375. The van der Waals surface area contributed by atoms with Crippen molar-refractivity contribution in [1.82, 2.24) is 73.7 Å². The predicted octanol–water partition coefficient (Wildman–Crippen LogP) is -2.00. The van der Waals surface area contributed by atoms with E-state index in [0.29, 0.717) is 40.4 Å². The number of aromatic amines is 1. The number of carbonyl (C=O) groups is 16. The van der Waals surface area contributed by atoms with Gasteiger partial charge < -0.3 is 106 Å². The van der Waals surface area contributed by atoms with Crippen molar-refractivity contribution in [2.24, 2.45) is 29.0 Å². The van der Waals surface area contributed by atoms with Crippen LogP contribution in [-0.4, -0.2) is 230 Å². The molecule has 1 saturated heterocycles. The topological polar surface area (TPSA) is 575 Å². The number of phenols is 1. The number of aliphatic carboxylic acids is 2. The Bertz CT molecular complexity index is 4000. The lowest BCUT2D eigenvalue weighted by Crippen LogP contribution is -2.61. The van der Waals surface area contributed by atoms with Gasteiger partial charge in [-0.15, -0.1) is 0 Å². The minimum atomic E-state index is -1.72. The third-order valence-electron chi connectivity index (χ3n) is 18.6. The summed E-state index contributed by atoms with van der Waals surface area (Å²) in [6.45, 7) is 9.34. The predicted molar refractivity (Wildman–Crippen MR) is 425 cm³/mol. The fraction of sp³-hybridized carbons (Fsp3) is 0.526. The zero-order valence-corrected chi connectivity index (χ0v) is 66.4. The van der Waals surface area contributed by atoms with E-state index in [-0.39, 0.29) is 87.8 Å². The number of primary amides is 1. The Morgan fingerprint density at radius 3 is 1.52 bits per heavy atom. The molecule has 0 aliphatic carbocycles. The number of carbonyl (C=O) groups excluding carboxylic acids is 14. The zero-order valence-electron chi connectivity index (χ0n) is 64.6. The van der Waals surface area contributed by atoms with E-state index < -0.39 is 211 Å². The van der Waals surface area contributed by atoms with Gasteiger partial charge in [0.1, 0.15) is 78.3 Å². The summed E-state index contributed by atoms with van der Waals surface area (Å²) in [4.78, 5) is 224. The number of likely N-dealkylation sites (tertiary alicyclic amines) is 1. The molecule has 114 heavy (non-hydrogen) atoms. The average Bonchev–Trinajstić information content (AvgIpc) is 1.66. The number of carboxylic acid groups (broad SMARTS) is 2. The minimum absolute atomic E-state index is 0.0161. The molecule has 14 amide bonds. The van der Waals surface area contributed by atoms with Gasteiger partial charge in [0.25, 0.3) is 0 Å². The molecule has 0 radical (unpaired) electrons. The summed E-state index contributed by atoms with van der Waals surface area (Å²) in [7, 11) is 0. The molecule has 0 unspecified atom stereocenters. The van der Waals surface area contributed by atoms with Gasteiger partial charge in [-0.3, -0.25) is 71.9 Å². The number of nitrogens with two attached hydrogens (primary N) is 3. The van der Waals surface area contributed by atoms with Gasteiger partial charge in [0.2, 0.25) is 82.7 Å². The largest absolute Gasteiger partial charge is 0.508 e. The van der Waals surface area contributed by atoms with Crippen molar-refractivity contribution >= 4 is 131 Å². The van der Waals surface area contributed by atoms with Crippen molar-refractivity contribution in [2.75, 3.05) is 31.1 Å². The smallest absolute Gasteiger partial charge is 0.326 e. The maximum atomic E-state index is 15.0. The number of aromatic hydroxyl groups is 1. The zero-order chi connectivity index (χ0) is 84.5. The van der Waals surface area contributed by atoms with Crippen LogP contribution in [-0.2, 0) is 96.0 Å². The number of nitrogens with zero attached hydrogens (tertiary/aromatic N) is 1. The summed E-state index contributed by atoms with van der Waals surface area (Å²) < 4.78 is 0. The Balaban J connectivity index is 1.35. The first kappa shape index (κ1) is 93.7. The SMILES string of the molecule is CC(C)C[C@H](NC(=O)[C@H](Cc1c[nH]c2ccccc12)NC(=O)[C@H](CCC(N)=O)NC(=O)[C@H](CC(C)C)NC(=O)[C@@H]1CCCN1C(=O)CNC(=O)[C@H](C)NC(=O)[C@H](C)NC(=O)[C@@H](N)CS)C(=O)N[C@@H](CS)C(=O)N[C@@H](CCC(=O)O)C(=O)N[C@@H](CCCCN)C(=O)N[C@@H](Cc1ccc(O)cc1)C(=O)N[C@@H](Cc1ccccc1)C(=O)O. The molecular weight excluding hydrogens is 1520 g/mol. The maximum absolute atomic E-state index is 15.0. The molecule has 2 heterocycles. The molecular formula is C76H109N17O19S2. The number of rotatable bonds is 48. The number of aromatic nitrogens is 1. The summed E-state index contributed by atoms with van der Waals surface area (Å²) in [5.74, 6) is -16.2. The van der Waals surface area contributed by atoms with Gasteiger partial charge in [0.05, 0.1) is 12.6 Å². The van der Waals surface area contributed by atoms with Crippen molar-refractivity contribution in [1.29, 1.82) is 0 Å². The van der Waals surface area contributed by atoms with E-state index in [0.717, 1.165) is 0 Å². The molecule has 1 aromatic heterocycles. The molecule has 624 valence electrons. The van der Waals surface area contributed by atoms with Gasteiger partial charge in [-0.25, -0.2) is 4.79 Å². The highest BCUT2D eigenvalue weighted by molar-refractivity contribution is 7.80. The number of hydrogen-bond donors (Lipinski definition) is 21. The Morgan fingerprint density at radius 2 is 0.965 bits per heavy atom. The Morgan fingerprint density at radius 1 is 0.500 bits per heavy atom. The highest BCUT2D eigenvalue weighted by Crippen LogP contribution is 2.22. The van der Waals surface area contributed by atoms with Gasteiger partial charge in [0.15, 0.2) is 0 Å². The van der Waals surface area contributed by atoms with E-state index in [2.05, 4.69) is 94.0 Å². The van der Waals surface area contributed by atoms with E-state index in [9.17, 15) is 87.2 Å². The second kappa shape index (κ2) is 47.0. The van der Waals surface area contributed by atoms with Gasteiger partial charge in [0, 0.05) is 67.3 Å². The highest BCUT2D eigenvalue weighted by atomic mass is 32.1. The van der Waals surface area contributed by atoms with Crippen LogP contribution >= 0.6 is 25.3 Å². The van der Waals surface area contributed by atoms with Crippen molar-refractivity contribution in [2.45, 2.75) is 210 Å². The fourth-order valence-corrected chi connectivity index (χ4v) is 12.8. The van der Waals surface area contributed by atoms with Crippen LogP contribution in [0.5, 0.6) is 5.75 Å². The number of phenolic OH excluding ortho intramolecular Hbond substituents is 1. The quantitative estimate of drug-likeness (QED) is 0.0168. The van der Waals surface area contributed by atoms with Gasteiger partial charge >= 0.3 is 11.9 Å². The lowest BCUT2D eigenvalue weighted by molar-refractivity contribution is -0.142. The Hall–Kier alpha value is -10.9. The van der Waals surface area contributed by atoms with Crippen LogP contribution < -0.4 is 81.0 Å². The number of carboxylic acids is 2. The van der Waals surface area contributed by atoms with Gasteiger partial charge in [-0.05, 0) is 125 Å². The molecule has 0 spiro atoms. The number of thiol groups is 2. The Labute approximate surface area is 671 Å². The fourth-order valence-electron chi connectivity index (χ4n) is 12.4. The maximum Gasteiger partial charge on any atom is 0.326 e. The van der Waals surface area contributed by atoms with E-state index in [1.165, 1.54) is 43.0 Å². The summed E-state index contributed by atoms with van der Waals surface area (Å²) in [5.41, 5.74) is 19.2. The van der Waals surface area contributed by atoms with Crippen LogP contribution in [0.15, 0.2) is 85.1 Å². The standard InChI is InChI=1S/C76H109N17O19S2/c1-40(2)31-54(71(106)92-59(39-114)74(109)86-53(26-28-63(97)98)68(103)84-51(19-12-13-29-77)67(102)88-56(33-45-21-23-47(94)24-22-45)72(107)91-58(76(111)112)34-44-15-8-7-9-16-44)87-73(108)57(35-46-36-80-50-18-11-10-17-48(46)50)89-69(104)52(25-27-61(79)95)85-70(105)55(32-41(3)4)90-75(110)60-20-14-30-93(60)62(96)37-81-64(99)42(5)82-65(100)43(6)83-66(101)49(78)38-113/h7-11,15-18,21-24,36,40-43,49,51-60,80,94,113-114H,12-14,19-20,25-35,37-39,77-78H2,1-6H3,(H2,79,95)(H,81,99)(H,82,100)(H,83,101)(H,84,103)(H,85,105)(H,86,109)(H,87,108)(H,88,102)(H,89,104)(H,90,110)(H,91,107)(H,92,106)(H,97,98)(H,111,112)/t42-,43-,49-,51-,52-,53-,54-,55-,56-,57-,58-,59-,60-/m0/s1. The first-order valence-corrected chi connectivity index (χ1v) is 39.0. The number of amides is 14. The molecule has 1 aliphatic heterocycles. The normalized spacial score (nSPS) is 15.7. The molecule has 36 nitrogen and oxygen atoms in total. The van der Waals surface area contributed by atoms with Crippen molar-refractivity contribution in [3.63, 3.8) is 0 Å². The van der Waals surface area contributed by atoms with E-state index >= 15 is 4.79 Å². The van der Waals surface area contributed by atoms with E-state index in [1.54, 1.807) is 88.5 Å².